The third-order valence-electron chi connectivity index (χ3n) is 7.11. The molecule has 1 aliphatic rings. The summed E-state index contributed by atoms with van der Waals surface area (Å²) < 4.78 is 0. The van der Waals surface area contributed by atoms with Crippen LogP contribution < -0.4 is 0 Å². The van der Waals surface area contributed by atoms with Gasteiger partial charge in [0.1, 0.15) is 6.17 Å². The molecule has 182 valence electrons. The van der Waals surface area contributed by atoms with Crippen molar-refractivity contribution in [2.24, 2.45) is 0 Å². The van der Waals surface area contributed by atoms with Crippen LogP contribution in [-0.2, 0) is 6.42 Å². The van der Waals surface area contributed by atoms with Gasteiger partial charge < -0.3 is 9.80 Å². The van der Waals surface area contributed by atoms with Gasteiger partial charge in [-0.3, -0.25) is 0 Å². The van der Waals surface area contributed by atoms with Crippen molar-refractivity contribution in [3.63, 3.8) is 0 Å². The summed E-state index contributed by atoms with van der Waals surface area (Å²) in [6, 6.07) is 11.0. The van der Waals surface area contributed by atoms with Crippen LogP contribution >= 0.6 is 0 Å². The standard InChI is InChI=1S/C30H52N2/c1-3-5-6-7-8-9-10-11-12-13-14-15-16-17-18-22-25-32-27-26-31(4-2)30(32)28-29-23-20-19-21-24-29/h19-21,23-24,26-27,30H,3-18,22,25,28H2,1-2H3. The highest BCUT2D eigenvalue weighted by molar-refractivity contribution is 5.17. The van der Waals surface area contributed by atoms with Crippen molar-refractivity contribution < 1.29 is 0 Å². The molecule has 0 bridgehead atoms. The summed E-state index contributed by atoms with van der Waals surface area (Å²) in [6.45, 7) is 6.85. The fourth-order valence-electron chi connectivity index (χ4n) is 5.00. The topological polar surface area (TPSA) is 6.48 Å². The largest absolute Gasteiger partial charge is 0.356 e. The van der Waals surface area contributed by atoms with E-state index in [-0.39, 0.29) is 0 Å². The molecule has 1 unspecified atom stereocenters. The fourth-order valence-corrected chi connectivity index (χ4v) is 5.00. The molecule has 2 heteroatoms. The maximum atomic E-state index is 2.57. The van der Waals surface area contributed by atoms with Crippen LogP contribution in [-0.4, -0.2) is 29.1 Å². The highest BCUT2D eigenvalue weighted by Crippen LogP contribution is 2.21. The van der Waals surface area contributed by atoms with Gasteiger partial charge in [0.15, 0.2) is 0 Å². The SMILES string of the molecule is CCCCCCCCCCCCCCCCCCN1C=CN(CC)C1Cc1ccccc1. The Morgan fingerprint density at radius 1 is 0.562 bits per heavy atom. The lowest BCUT2D eigenvalue weighted by Crippen LogP contribution is -2.40. The third kappa shape index (κ3) is 11.4. The zero-order valence-electron chi connectivity index (χ0n) is 21.4. The van der Waals surface area contributed by atoms with E-state index in [0.717, 1.165) is 13.0 Å². The molecule has 0 aromatic heterocycles. The van der Waals surface area contributed by atoms with Crippen LogP contribution in [0.5, 0.6) is 0 Å². The average Bonchev–Trinajstić information content (AvgIpc) is 3.20. The number of likely N-dealkylation sites (N-methyl/N-ethyl adjacent to an activating group) is 1. The van der Waals surface area contributed by atoms with Crippen molar-refractivity contribution in [3.05, 3.63) is 48.3 Å². The van der Waals surface area contributed by atoms with E-state index in [1.54, 1.807) is 0 Å². The van der Waals surface area contributed by atoms with Gasteiger partial charge in [-0.15, -0.1) is 0 Å². The predicted octanol–water partition coefficient (Wildman–Crippen LogP) is 8.93. The molecular weight excluding hydrogens is 388 g/mol. The zero-order valence-corrected chi connectivity index (χ0v) is 21.4. The number of rotatable bonds is 20. The van der Waals surface area contributed by atoms with Gasteiger partial charge in [0.25, 0.3) is 0 Å². The molecule has 32 heavy (non-hydrogen) atoms. The van der Waals surface area contributed by atoms with E-state index in [4.69, 9.17) is 0 Å². The summed E-state index contributed by atoms with van der Waals surface area (Å²) in [4.78, 5) is 5.06. The van der Waals surface area contributed by atoms with E-state index in [0.29, 0.717) is 6.17 Å². The van der Waals surface area contributed by atoms with Crippen molar-refractivity contribution in [1.29, 1.82) is 0 Å². The van der Waals surface area contributed by atoms with E-state index < -0.39 is 0 Å². The first-order valence-corrected chi connectivity index (χ1v) is 14.1. The quantitative estimate of drug-likeness (QED) is 0.187. The Kier molecular flexibility index (Phi) is 15.1. The first-order valence-electron chi connectivity index (χ1n) is 14.1. The summed E-state index contributed by atoms with van der Waals surface area (Å²) in [5.41, 5.74) is 1.44. The fraction of sp³-hybridized carbons (Fsp3) is 0.733. The maximum absolute atomic E-state index is 2.57. The van der Waals surface area contributed by atoms with E-state index in [2.05, 4.69) is 66.4 Å². The van der Waals surface area contributed by atoms with Crippen molar-refractivity contribution in [3.8, 4) is 0 Å². The molecule has 0 saturated heterocycles. The van der Waals surface area contributed by atoms with E-state index >= 15 is 0 Å². The van der Waals surface area contributed by atoms with Crippen LogP contribution in [0.2, 0.25) is 0 Å². The molecule has 0 radical (unpaired) electrons. The lowest BCUT2D eigenvalue weighted by atomic mass is 10.0. The van der Waals surface area contributed by atoms with Gasteiger partial charge in [-0.25, -0.2) is 0 Å². The van der Waals surface area contributed by atoms with Gasteiger partial charge in [-0.05, 0) is 18.9 Å². The molecule has 0 spiro atoms. The molecule has 2 nitrogen and oxygen atoms in total. The predicted molar refractivity (Wildman–Crippen MR) is 142 cm³/mol. The normalized spacial score (nSPS) is 15.8. The second-order valence-corrected chi connectivity index (χ2v) is 9.84. The molecule has 0 saturated carbocycles. The Morgan fingerprint density at radius 2 is 1.03 bits per heavy atom. The number of unbranched alkanes of at least 4 members (excludes halogenated alkanes) is 15. The minimum absolute atomic E-state index is 0.499. The minimum Gasteiger partial charge on any atom is -0.356 e. The Labute approximate surface area is 200 Å². The van der Waals surface area contributed by atoms with Crippen LogP contribution in [0.4, 0.5) is 0 Å². The van der Waals surface area contributed by atoms with Gasteiger partial charge in [0.2, 0.25) is 0 Å². The molecule has 1 aromatic rings. The van der Waals surface area contributed by atoms with Crippen LogP contribution in [0, 0.1) is 0 Å². The number of benzene rings is 1. The summed E-state index contributed by atoms with van der Waals surface area (Å²) >= 11 is 0. The van der Waals surface area contributed by atoms with Gasteiger partial charge in [-0.1, -0.05) is 134 Å². The van der Waals surface area contributed by atoms with Crippen LogP contribution in [0.15, 0.2) is 42.7 Å². The molecule has 0 aliphatic carbocycles. The van der Waals surface area contributed by atoms with Gasteiger partial charge in [0.05, 0.1) is 0 Å². The molecular formula is C30H52N2. The van der Waals surface area contributed by atoms with Gasteiger partial charge >= 0.3 is 0 Å². The number of nitrogens with zero attached hydrogens (tertiary/aromatic N) is 2. The van der Waals surface area contributed by atoms with Crippen molar-refractivity contribution >= 4 is 0 Å². The molecule has 2 rings (SSSR count). The Morgan fingerprint density at radius 3 is 1.53 bits per heavy atom. The average molecular weight is 441 g/mol. The molecule has 1 atom stereocenters. The highest BCUT2D eigenvalue weighted by Gasteiger charge is 2.24. The summed E-state index contributed by atoms with van der Waals surface area (Å²) in [6.07, 6.45) is 29.2. The van der Waals surface area contributed by atoms with E-state index in [9.17, 15) is 0 Å². The molecule has 0 N–H and O–H groups in total. The first kappa shape index (κ1) is 26.8. The van der Waals surface area contributed by atoms with Crippen molar-refractivity contribution in [1.82, 2.24) is 9.80 Å². The number of hydrogen-bond donors (Lipinski definition) is 0. The van der Waals surface area contributed by atoms with Crippen LogP contribution in [0.1, 0.15) is 122 Å². The summed E-state index contributed by atoms with van der Waals surface area (Å²) in [5, 5.41) is 0. The van der Waals surface area contributed by atoms with Gasteiger partial charge in [0, 0.05) is 31.9 Å². The molecule has 1 aliphatic heterocycles. The third-order valence-corrected chi connectivity index (χ3v) is 7.11. The van der Waals surface area contributed by atoms with Crippen LogP contribution in [0.25, 0.3) is 0 Å². The lowest BCUT2D eigenvalue weighted by molar-refractivity contribution is 0.155. The number of hydrogen-bond acceptors (Lipinski definition) is 2. The summed E-state index contributed by atoms with van der Waals surface area (Å²) in [5.74, 6) is 0. The molecule has 1 heterocycles. The van der Waals surface area contributed by atoms with E-state index in [1.807, 2.05) is 0 Å². The van der Waals surface area contributed by atoms with Gasteiger partial charge in [-0.2, -0.15) is 0 Å². The lowest BCUT2D eigenvalue weighted by Gasteiger charge is -2.32. The molecule has 0 fully saturated rings. The zero-order chi connectivity index (χ0) is 22.7. The van der Waals surface area contributed by atoms with E-state index in [1.165, 1.54) is 115 Å². The second kappa shape index (κ2) is 18.0. The Bertz CT molecular complexity index is 567. The van der Waals surface area contributed by atoms with Crippen LogP contribution in [0.3, 0.4) is 0 Å². The first-order chi connectivity index (χ1) is 15.8. The monoisotopic (exact) mass is 440 g/mol. The Hall–Kier alpha value is -1.44. The maximum Gasteiger partial charge on any atom is 0.105 e. The summed E-state index contributed by atoms with van der Waals surface area (Å²) in [7, 11) is 0. The highest BCUT2D eigenvalue weighted by atomic mass is 15.4. The second-order valence-electron chi connectivity index (χ2n) is 9.84. The molecule has 1 aromatic carbocycles. The Balaban J connectivity index is 1.42. The van der Waals surface area contributed by atoms with Crippen molar-refractivity contribution in [2.75, 3.05) is 13.1 Å². The van der Waals surface area contributed by atoms with Crippen molar-refractivity contribution in [2.45, 2.75) is 129 Å². The molecule has 0 amide bonds. The minimum atomic E-state index is 0.499. The smallest absolute Gasteiger partial charge is 0.105 e.